The average Bonchev–Trinajstić information content (AvgIpc) is 3.46. The summed E-state index contributed by atoms with van der Waals surface area (Å²) in [6, 6.07) is 14.4. The van der Waals surface area contributed by atoms with Gasteiger partial charge in [0.1, 0.15) is 11.6 Å². The number of carbonyl (C=O) groups excluding carboxylic acids is 1. The van der Waals surface area contributed by atoms with Crippen LogP contribution in [0, 0.1) is 11.7 Å². The number of amides is 2. The lowest BCUT2D eigenvalue weighted by molar-refractivity contribution is 0.207. The molecule has 0 radical (unpaired) electrons. The second-order valence-corrected chi connectivity index (χ2v) is 8.50. The van der Waals surface area contributed by atoms with Crippen LogP contribution in [0.3, 0.4) is 0 Å². The van der Waals surface area contributed by atoms with Crippen molar-refractivity contribution in [3.63, 3.8) is 0 Å². The lowest BCUT2D eigenvalue weighted by Gasteiger charge is -2.16. The Balaban J connectivity index is 1.40. The number of hydrogen-bond acceptors (Lipinski definition) is 4. The van der Waals surface area contributed by atoms with Crippen LogP contribution >= 0.6 is 0 Å². The molecular formula is C25H25FN6O2. The topological polar surface area (TPSA) is 95.9 Å². The number of hydrogen-bond donors (Lipinski definition) is 2. The average molecular weight is 461 g/mol. The summed E-state index contributed by atoms with van der Waals surface area (Å²) >= 11 is 0. The Labute approximate surface area is 195 Å². The third-order valence-electron chi connectivity index (χ3n) is 6.24. The molecule has 1 atom stereocenters. The number of fused-ring (bicyclic) bond motifs is 1. The Morgan fingerprint density at radius 1 is 1.21 bits per heavy atom. The summed E-state index contributed by atoms with van der Waals surface area (Å²) in [5, 5.41) is 10.4. The fraction of sp³-hybridized carbons (Fsp3) is 0.280. The van der Waals surface area contributed by atoms with Crippen molar-refractivity contribution in [1.82, 2.24) is 30.0 Å². The molecule has 2 amide bonds. The van der Waals surface area contributed by atoms with E-state index in [1.807, 2.05) is 37.3 Å². The van der Waals surface area contributed by atoms with E-state index in [2.05, 4.69) is 20.5 Å². The highest BCUT2D eigenvalue weighted by molar-refractivity contribution is 5.84. The van der Waals surface area contributed by atoms with E-state index in [1.165, 1.54) is 10.6 Å². The van der Waals surface area contributed by atoms with Crippen molar-refractivity contribution in [1.29, 1.82) is 0 Å². The van der Waals surface area contributed by atoms with Gasteiger partial charge in [0, 0.05) is 37.6 Å². The first-order valence-corrected chi connectivity index (χ1v) is 11.4. The Hall–Kier alpha value is -4.01. The quantitative estimate of drug-likeness (QED) is 0.476. The van der Waals surface area contributed by atoms with E-state index in [1.54, 1.807) is 23.2 Å². The number of carbonyl (C=O) groups is 1. The van der Waals surface area contributed by atoms with Crippen molar-refractivity contribution in [3.8, 4) is 16.8 Å². The minimum atomic E-state index is -0.515. The summed E-state index contributed by atoms with van der Waals surface area (Å²) in [6.07, 6.45) is 2.99. The molecule has 1 saturated heterocycles. The van der Waals surface area contributed by atoms with Crippen LogP contribution in [0.4, 0.5) is 9.18 Å². The number of rotatable bonds is 5. The number of pyridine rings is 1. The zero-order valence-electron chi connectivity index (χ0n) is 18.8. The molecule has 3 heterocycles. The van der Waals surface area contributed by atoms with Crippen molar-refractivity contribution in [2.75, 3.05) is 19.6 Å². The molecule has 0 unspecified atom stereocenters. The molecule has 1 aliphatic rings. The van der Waals surface area contributed by atoms with Gasteiger partial charge in [0.25, 0.3) is 0 Å². The summed E-state index contributed by atoms with van der Waals surface area (Å²) in [4.78, 5) is 30.7. The highest BCUT2D eigenvalue weighted by Crippen LogP contribution is 2.27. The SMILES string of the molecule is CCNC(=O)N1CC[C@@H](Cc2n[nH]c(=O)n2-c2ccc(-c3ccc4cccnc4c3)cc2F)C1. The molecule has 174 valence electrons. The van der Waals surface area contributed by atoms with Gasteiger partial charge in [-0.25, -0.2) is 23.6 Å². The standard InChI is InChI=1S/C25H25FN6O2/c1-2-27-24(33)31-11-9-16(15-31)12-23-29-30-25(34)32(23)22-8-7-18(13-20(22)26)19-6-5-17-4-3-10-28-21(17)14-19/h3-8,10,13-14,16H,2,9,11-12,15H2,1H3,(H,27,33)(H,30,34)/t16-/m0/s1. The highest BCUT2D eigenvalue weighted by atomic mass is 19.1. The van der Waals surface area contributed by atoms with Crippen molar-refractivity contribution in [3.05, 3.63) is 76.9 Å². The van der Waals surface area contributed by atoms with Crippen LogP contribution in [0.2, 0.25) is 0 Å². The molecule has 2 aromatic carbocycles. The van der Waals surface area contributed by atoms with Gasteiger partial charge in [-0.3, -0.25) is 4.98 Å². The van der Waals surface area contributed by atoms with Crippen molar-refractivity contribution >= 4 is 16.9 Å². The molecule has 0 saturated carbocycles. The van der Waals surface area contributed by atoms with E-state index in [0.717, 1.165) is 22.9 Å². The third kappa shape index (κ3) is 4.16. The summed E-state index contributed by atoms with van der Waals surface area (Å²) in [5.41, 5.74) is 2.02. The number of aromatic amines is 1. The van der Waals surface area contributed by atoms with Crippen LogP contribution in [0.15, 0.2) is 59.5 Å². The fourth-order valence-electron chi connectivity index (χ4n) is 4.53. The number of H-pyrrole nitrogens is 1. The smallest absolute Gasteiger partial charge is 0.338 e. The Morgan fingerprint density at radius 3 is 2.85 bits per heavy atom. The van der Waals surface area contributed by atoms with Gasteiger partial charge in [-0.15, -0.1) is 0 Å². The second kappa shape index (κ2) is 9.09. The normalized spacial score (nSPS) is 15.7. The first-order valence-electron chi connectivity index (χ1n) is 11.4. The van der Waals surface area contributed by atoms with Crippen molar-refractivity contribution in [2.24, 2.45) is 5.92 Å². The number of benzene rings is 2. The second-order valence-electron chi connectivity index (χ2n) is 8.50. The molecule has 1 aliphatic heterocycles. The molecule has 4 aromatic rings. The van der Waals surface area contributed by atoms with Gasteiger partial charge in [0.2, 0.25) is 0 Å². The molecule has 34 heavy (non-hydrogen) atoms. The van der Waals surface area contributed by atoms with Gasteiger partial charge in [-0.05, 0) is 54.7 Å². The Morgan fingerprint density at radius 2 is 2.03 bits per heavy atom. The predicted molar refractivity (Wildman–Crippen MR) is 127 cm³/mol. The van der Waals surface area contributed by atoms with Crippen molar-refractivity contribution in [2.45, 2.75) is 19.8 Å². The molecule has 0 bridgehead atoms. The van der Waals surface area contributed by atoms with Gasteiger partial charge < -0.3 is 10.2 Å². The minimum Gasteiger partial charge on any atom is -0.338 e. The van der Waals surface area contributed by atoms with Crippen LogP contribution < -0.4 is 11.0 Å². The zero-order valence-corrected chi connectivity index (χ0v) is 18.8. The van der Waals surface area contributed by atoms with E-state index in [9.17, 15) is 9.59 Å². The van der Waals surface area contributed by atoms with Crippen molar-refractivity contribution < 1.29 is 9.18 Å². The fourth-order valence-corrected chi connectivity index (χ4v) is 4.53. The lowest BCUT2D eigenvalue weighted by atomic mass is 10.0. The summed E-state index contributed by atoms with van der Waals surface area (Å²) in [5.74, 6) is 0.0806. The number of halogens is 1. The summed E-state index contributed by atoms with van der Waals surface area (Å²) in [7, 11) is 0. The number of likely N-dealkylation sites (tertiary alicyclic amines) is 1. The van der Waals surface area contributed by atoms with Crippen LogP contribution in [0.1, 0.15) is 19.2 Å². The van der Waals surface area contributed by atoms with Crippen LogP contribution in [-0.4, -0.2) is 50.3 Å². The molecule has 1 fully saturated rings. The Bertz CT molecular complexity index is 1410. The monoisotopic (exact) mass is 460 g/mol. The Kier molecular flexibility index (Phi) is 5.83. The third-order valence-corrected chi connectivity index (χ3v) is 6.24. The molecule has 0 spiro atoms. The van der Waals surface area contributed by atoms with E-state index in [-0.39, 0.29) is 17.6 Å². The van der Waals surface area contributed by atoms with E-state index in [4.69, 9.17) is 0 Å². The number of nitrogens with one attached hydrogen (secondary N) is 2. The maximum atomic E-state index is 15.3. The molecule has 0 aliphatic carbocycles. The highest BCUT2D eigenvalue weighted by Gasteiger charge is 2.28. The zero-order chi connectivity index (χ0) is 23.7. The molecule has 2 N–H and O–H groups in total. The van der Waals surface area contributed by atoms with Gasteiger partial charge in [-0.1, -0.05) is 24.3 Å². The molecular weight excluding hydrogens is 435 g/mol. The molecule has 9 heteroatoms. The van der Waals surface area contributed by atoms with Gasteiger partial charge >= 0.3 is 11.7 Å². The van der Waals surface area contributed by atoms with E-state index < -0.39 is 11.5 Å². The molecule has 2 aromatic heterocycles. The van der Waals surface area contributed by atoms with Crippen LogP contribution in [0.25, 0.3) is 27.7 Å². The maximum absolute atomic E-state index is 15.3. The summed E-state index contributed by atoms with van der Waals surface area (Å²) < 4.78 is 16.5. The minimum absolute atomic E-state index is 0.0880. The van der Waals surface area contributed by atoms with Crippen LogP contribution in [-0.2, 0) is 6.42 Å². The van der Waals surface area contributed by atoms with Gasteiger partial charge in [0.05, 0.1) is 11.2 Å². The lowest BCUT2D eigenvalue weighted by Crippen LogP contribution is -2.38. The molecule has 8 nitrogen and oxygen atoms in total. The van der Waals surface area contributed by atoms with Gasteiger partial charge in [-0.2, -0.15) is 5.10 Å². The largest absolute Gasteiger partial charge is 0.348 e. The number of nitrogens with zero attached hydrogens (tertiary/aromatic N) is 4. The molecule has 5 rings (SSSR count). The first-order chi connectivity index (χ1) is 16.5. The van der Waals surface area contributed by atoms with E-state index in [0.29, 0.717) is 37.4 Å². The summed E-state index contributed by atoms with van der Waals surface area (Å²) in [6.45, 7) is 3.67. The predicted octanol–water partition coefficient (Wildman–Crippen LogP) is 3.51. The first kappa shape index (κ1) is 21.8. The maximum Gasteiger partial charge on any atom is 0.348 e. The number of aromatic nitrogens is 4. The van der Waals surface area contributed by atoms with E-state index >= 15 is 4.39 Å². The van der Waals surface area contributed by atoms with Crippen LogP contribution in [0.5, 0.6) is 0 Å². The number of urea groups is 1. The van der Waals surface area contributed by atoms with Gasteiger partial charge in [0.15, 0.2) is 0 Å².